The number of carbonyl (C=O) groups is 1. The molecule has 0 fully saturated rings. The number of rotatable bonds is 8. The maximum Gasteiger partial charge on any atom is 0.294 e. The van der Waals surface area contributed by atoms with E-state index in [4.69, 9.17) is 0 Å². The number of aromatic nitrogens is 4. The molecule has 0 saturated heterocycles. The van der Waals surface area contributed by atoms with Crippen molar-refractivity contribution in [3.05, 3.63) is 71.3 Å². The van der Waals surface area contributed by atoms with Gasteiger partial charge >= 0.3 is 0 Å². The number of benzene rings is 1. The lowest BCUT2D eigenvalue weighted by Crippen LogP contribution is -2.24. The number of nitrogens with zero attached hydrogens (tertiary/aromatic N) is 5. The van der Waals surface area contributed by atoms with Crippen molar-refractivity contribution in [1.29, 1.82) is 0 Å². The van der Waals surface area contributed by atoms with Crippen molar-refractivity contribution in [1.82, 2.24) is 24.4 Å². The summed E-state index contributed by atoms with van der Waals surface area (Å²) < 4.78 is 3.51. The number of nitro groups is 1. The summed E-state index contributed by atoms with van der Waals surface area (Å²) in [5, 5.41) is 14.1. The molecule has 9 heteroatoms. The minimum Gasteiger partial charge on any atom is -0.352 e. The fourth-order valence-corrected chi connectivity index (χ4v) is 2.57. The average Bonchev–Trinajstić information content (AvgIpc) is 3.34. The Hall–Kier alpha value is -3.49. The van der Waals surface area contributed by atoms with Crippen LogP contribution in [-0.4, -0.2) is 36.5 Å². The van der Waals surface area contributed by atoms with E-state index in [1.807, 2.05) is 10.8 Å². The fraction of sp³-hybridized carbons (Fsp3) is 0.235. The lowest BCUT2D eigenvalue weighted by Gasteiger charge is -2.08. The number of carbonyl (C=O) groups excluding carboxylic acids is 1. The van der Waals surface area contributed by atoms with Gasteiger partial charge in [0.15, 0.2) is 0 Å². The highest BCUT2D eigenvalue weighted by Crippen LogP contribution is 2.24. The van der Waals surface area contributed by atoms with Crippen molar-refractivity contribution in [3.63, 3.8) is 0 Å². The summed E-state index contributed by atoms with van der Waals surface area (Å²) in [5.74, 6) is -0.326. The molecule has 26 heavy (non-hydrogen) atoms. The third kappa shape index (κ3) is 4.12. The molecule has 0 spiro atoms. The molecule has 0 radical (unpaired) electrons. The molecule has 3 rings (SSSR count). The number of aryl methyl sites for hydroxylation is 1. The summed E-state index contributed by atoms with van der Waals surface area (Å²) in [6.45, 7) is 1.34. The Morgan fingerprint density at radius 2 is 1.96 bits per heavy atom. The van der Waals surface area contributed by atoms with Crippen LogP contribution in [0, 0.1) is 10.1 Å². The third-order valence-corrected chi connectivity index (χ3v) is 3.90. The Kier molecular flexibility index (Phi) is 5.37. The van der Waals surface area contributed by atoms with Crippen LogP contribution in [0.25, 0.3) is 5.69 Å². The van der Waals surface area contributed by atoms with Crippen molar-refractivity contribution in [2.75, 3.05) is 6.54 Å². The summed E-state index contributed by atoms with van der Waals surface area (Å²) in [6.07, 6.45) is 11.7. The Morgan fingerprint density at radius 3 is 2.65 bits per heavy atom. The highest BCUT2D eigenvalue weighted by Gasteiger charge is 2.18. The molecule has 134 valence electrons. The van der Waals surface area contributed by atoms with Crippen LogP contribution >= 0.6 is 0 Å². The van der Waals surface area contributed by atoms with E-state index in [0.29, 0.717) is 12.2 Å². The van der Waals surface area contributed by atoms with E-state index >= 15 is 0 Å². The first-order chi connectivity index (χ1) is 12.6. The summed E-state index contributed by atoms with van der Waals surface area (Å²) in [4.78, 5) is 30.9. The summed E-state index contributed by atoms with van der Waals surface area (Å²) in [6, 6.07) is 4.41. The van der Waals surface area contributed by atoms with Crippen LogP contribution in [0.4, 0.5) is 5.69 Å². The van der Waals surface area contributed by atoms with Gasteiger partial charge in [-0.25, -0.2) is 9.97 Å². The van der Waals surface area contributed by atoms with Crippen LogP contribution in [-0.2, 0) is 6.54 Å². The molecule has 2 aromatic heterocycles. The monoisotopic (exact) mass is 354 g/mol. The van der Waals surface area contributed by atoms with Gasteiger partial charge in [-0.15, -0.1) is 0 Å². The molecular weight excluding hydrogens is 336 g/mol. The summed E-state index contributed by atoms with van der Waals surface area (Å²) in [5.41, 5.74) is 0.482. The van der Waals surface area contributed by atoms with E-state index in [9.17, 15) is 14.9 Å². The SMILES string of the molecule is O=C(NCCCCn1ccnc1)c1ccc(-n2ccnc2)c([N+](=O)[O-])c1. The molecule has 0 aliphatic heterocycles. The summed E-state index contributed by atoms with van der Waals surface area (Å²) >= 11 is 0. The average molecular weight is 354 g/mol. The number of unbranched alkanes of at least 4 members (excludes halogenated alkanes) is 1. The number of hydrogen-bond acceptors (Lipinski definition) is 5. The van der Waals surface area contributed by atoms with Crippen LogP contribution in [0.3, 0.4) is 0 Å². The van der Waals surface area contributed by atoms with Crippen LogP contribution in [0.15, 0.2) is 55.6 Å². The van der Waals surface area contributed by atoms with Gasteiger partial charge in [0.25, 0.3) is 11.6 Å². The zero-order valence-corrected chi connectivity index (χ0v) is 14.0. The van der Waals surface area contributed by atoms with E-state index in [0.717, 1.165) is 19.4 Å². The van der Waals surface area contributed by atoms with Gasteiger partial charge in [-0.3, -0.25) is 14.9 Å². The van der Waals surface area contributed by atoms with Gasteiger partial charge in [0.05, 0.1) is 17.6 Å². The normalized spacial score (nSPS) is 10.6. The molecule has 2 heterocycles. The van der Waals surface area contributed by atoms with Crippen LogP contribution in [0.2, 0.25) is 0 Å². The third-order valence-electron chi connectivity index (χ3n) is 3.90. The molecule has 3 aromatic rings. The molecule has 0 aliphatic rings. The predicted molar refractivity (Wildman–Crippen MR) is 94.0 cm³/mol. The molecule has 0 atom stereocenters. The summed E-state index contributed by atoms with van der Waals surface area (Å²) in [7, 11) is 0. The minimum atomic E-state index is -0.503. The molecule has 1 N–H and O–H groups in total. The predicted octanol–water partition coefficient (Wildman–Crippen LogP) is 2.19. The van der Waals surface area contributed by atoms with E-state index in [1.54, 1.807) is 30.9 Å². The first kappa shape index (κ1) is 17.3. The van der Waals surface area contributed by atoms with E-state index in [2.05, 4.69) is 15.3 Å². The Balaban J connectivity index is 1.58. The number of hydrogen-bond donors (Lipinski definition) is 1. The Labute approximate surface area is 149 Å². The lowest BCUT2D eigenvalue weighted by molar-refractivity contribution is -0.384. The maximum atomic E-state index is 12.2. The molecule has 1 amide bonds. The van der Waals surface area contributed by atoms with Crippen molar-refractivity contribution in [2.45, 2.75) is 19.4 Å². The Bertz CT molecular complexity index is 874. The minimum absolute atomic E-state index is 0.143. The van der Waals surface area contributed by atoms with E-state index < -0.39 is 4.92 Å². The second kappa shape index (κ2) is 8.06. The van der Waals surface area contributed by atoms with E-state index in [-0.39, 0.29) is 17.2 Å². The van der Waals surface area contributed by atoms with Gasteiger partial charge in [0, 0.05) is 49.5 Å². The largest absolute Gasteiger partial charge is 0.352 e. The molecule has 0 bridgehead atoms. The molecule has 9 nitrogen and oxygen atoms in total. The molecule has 0 unspecified atom stereocenters. The number of nitrogens with one attached hydrogen (secondary N) is 1. The van der Waals surface area contributed by atoms with Gasteiger partial charge in [0.2, 0.25) is 0 Å². The number of nitro benzene ring substituents is 1. The fourth-order valence-electron chi connectivity index (χ4n) is 2.57. The second-order valence-corrected chi connectivity index (χ2v) is 5.69. The van der Waals surface area contributed by atoms with Crippen molar-refractivity contribution in [2.24, 2.45) is 0 Å². The van der Waals surface area contributed by atoms with Gasteiger partial charge in [-0.2, -0.15) is 0 Å². The van der Waals surface area contributed by atoms with Gasteiger partial charge < -0.3 is 14.5 Å². The lowest BCUT2D eigenvalue weighted by atomic mass is 10.1. The standard InChI is InChI=1S/C17H18N6O3/c24-17(20-5-1-2-8-21-9-6-18-12-21)14-3-4-15(16(11-14)23(25)26)22-10-7-19-13-22/h3-4,6-7,9-13H,1-2,5,8H2,(H,20,24). The Morgan fingerprint density at radius 1 is 1.15 bits per heavy atom. The van der Waals surface area contributed by atoms with Crippen molar-refractivity contribution in [3.8, 4) is 5.69 Å². The van der Waals surface area contributed by atoms with Crippen LogP contribution < -0.4 is 5.32 Å². The highest BCUT2D eigenvalue weighted by molar-refractivity contribution is 5.95. The molecule has 0 aliphatic carbocycles. The van der Waals surface area contributed by atoms with Gasteiger partial charge in [-0.05, 0) is 25.0 Å². The number of amides is 1. The second-order valence-electron chi connectivity index (χ2n) is 5.69. The quantitative estimate of drug-likeness (QED) is 0.379. The van der Waals surface area contributed by atoms with Crippen LogP contribution in [0.5, 0.6) is 0 Å². The zero-order chi connectivity index (χ0) is 18.4. The van der Waals surface area contributed by atoms with Crippen LogP contribution in [0.1, 0.15) is 23.2 Å². The first-order valence-electron chi connectivity index (χ1n) is 8.16. The molecular formula is C17H18N6O3. The topological polar surface area (TPSA) is 108 Å². The van der Waals surface area contributed by atoms with E-state index in [1.165, 1.54) is 23.2 Å². The number of imidazole rings is 2. The molecule has 0 saturated carbocycles. The maximum absolute atomic E-state index is 12.2. The highest BCUT2D eigenvalue weighted by atomic mass is 16.6. The first-order valence-corrected chi connectivity index (χ1v) is 8.16. The van der Waals surface area contributed by atoms with Crippen molar-refractivity contribution < 1.29 is 9.72 Å². The van der Waals surface area contributed by atoms with Gasteiger partial charge in [-0.1, -0.05) is 0 Å². The zero-order valence-electron chi connectivity index (χ0n) is 14.0. The van der Waals surface area contributed by atoms with Gasteiger partial charge in [0.1, 0.15) is 5.69 Å². The van der Waals surface area contributed by atoms with Crippen molar-refractivity contribution >= 4 is 11.6 Å². The smallest absolute Gasteiger partial charge is 0.294 e. The molecule has 1 aromatic carbocycles.